The maximum absolute atomic E-state index is 11.2. The molecule has 0 amide bonds. The summed E-state index contributed by atoms with van der Waals surface area (Å²) in [5, 5.41) is 15.3. The minimum Gasteiger partial charge on any atom is -0.495 e. The number of allylic oxidation sites excluding steroid dienone is 2. The number of nitrogens with zero attached hydrogens (tertiary/aromatic N) is 1. The number of hydrogen-bond donors (Lipinski definition) is 1. The van der Waals surface area contributed by atoms with E-state index in [0.717, 1.165) is 23.4 Å². The maximum atomic E-state index is 11.2. The normalized spacial score (nSPS) is 23.5. The lowest BCUT2D eigenvalue weighted by atomic mass is 9.77. The van der Waals surface area contributed by atoms with Gasteiger partial charge in [-0.05, 0) is 30.0 Å². The van der Waals surface area contributed by atoms with E-state index in [2.05, 4.69) is 23.5 Å². The lowest BCUT2D eigenvalue weighted by molar-refractivity contribution is -0.384. The molecule has 25 heavy (non-hydrogen) atoms. The third-order valence-corrected chi connectivity index (χ3v) is 5.45. The summed E-state index contributed by atoms with van der Waals surface area (Å²) in [5.74, 6) is 1.27. The van der Waals surface area contributed by atoms with E-state index in [1.807, 2.05) is 12.1 Å². The fourth-order valence-electron chi connectivity index (χ4n) is 3.95. The summed E-state index contributed by atoms with van der Waals surface area (Å²) in [7, 11) is 1.64. The molecule has 2 aromatic rings. The molecule has 6 heteroatoms. The number of benzene rings is 2. The lowest BCUT2D eigenvalue weighted by Gasteiger charge is -2.38. The largest absolute Gasteiger partial charge is 0.495 e. The molecule has 1 heterocycles. The van der Waals surface area contributed by atoms with Crippen molar-refractivity contribution in [1.29, 1.82) is 0 Å². The van der Waals surface area contributed by atoms with Crippen LogP contribution in [-0.4, -0.2) is 12.0 Å². The molecule has 1 N–H and O–H groups in total. The van der Waals surface area contributed by atoms with Crippen LogP contribution < -0.4 is 10.1 Å². The molecule has 0 fully saturated rings. The van der Waals surface area contributed by atoms with Gasteiger partial charge < -0.3 is 10.1 Å². The molecule has 1 aliphatic heterocycles. The van der Waals surface area contributed by atoms with Crippen molar-refractivity contribution in [2.75, 3.05) is 12.4 Å². The van der Waals surface area contributed by atoms with Crippen molar-refractivity contribution >= 4 is 23.0 Å². The van der Waals surface area contributed by atoms with Crippen LogP contribution in [0.3, 0.4) is 0 Å². The van der Waals surface area contributed by atoms with Crippen molar-refractivity contribution in [2.24, 2.45) is 5.92 Å². The highest BCUT2D eigenvalue weighted by Gasteiger charge is 2.40. The molecule has 0 saturated carbocycles. The van der Waals surface area contributed by atoms with Crippen molar-refractivity contribution < 1.29 is 9.66 Å². The predicted octanol–water partition coefficient (Wildman–Crippen LogP) is 5.08. The average Bonchev–Trinajstić information content (AvgIpc) is 3.11. The van der Waals surface area contributed by atoms with Gasteiger partial charge in [-0.3, -0.25) is 10.1 Å². The first kappa shape index (κ1) is 16.0. The first-order valence-electron chi connectivity index (χ1n) is 8.14. The van der Waals surface area contributed by atoms with E-state index >= 15 is 0 Å². The zero-order valence-electron chi connectivity index (χ0n) is 13.6. The smallest absolute Gasteiger partial charge is 0.269 e. The van der Waals surface area contributed by atoms with Gasteiger partial charge >= 0.3 is 0 Å². The quantitative estimate of drug-likeness (QED) is 0.473. The third-order valence-electron chi connectivity index (χ3n) is 5.10. The van der Waals surface area contributed by atoms with Gasteiger partial charge in [0.1, 0.15) is 5.75 Å². The van der Waals surface area contributed by atoms with Crippen LogP contribution in [0, 0.1) is 16.0 Å². The molecule has 2 aromatic carbocycles. The van der Waals surface area contributed by atoms with Crippen LogP contribution in [0.2, 0.25) is 5.02 Å². The minimum absolute atomic E-state index is 0.0505. The summed E-state index contributed by atoms with van der Waals surface area (Å²) < 4.78 is 5.51. The van der Waals surface area contributed by atoms with Crippen molar-refractivity contribution in [3.63, 3.8) is 0 Å². The van der Waals surface area contributed by atoms with Gasteiger partial charge in [0.25, 0.3) is 5.69 Å². The number of anilines is 1. The number of para-hydroxylation sites is 1. The predicted molar refractivity (Wildman–Crippen MR) is 97.5 cm³/mol. The number of non-ortho nitro benzene ring substituents is 1. The second kappa shape index (κ2) is 6.08. The number of ether oxygens (including phenoxy) is 1. The summed E-state index contributed by atoms with van der Waals surface area (Å²) >= 11 is 6.41. The number of nitro groups is 1. The first-order chi connectivity index (χ1) is 12.1. The van der Waals surface area contributed by atoms with E-state index in [4.69, 9.17) is 16.3 Å². The summed E-state index contributed by atoms with van der Waals surface area (Å²) in [4.78, 5) is 10.8. The van der Waals surface area contributed by atoms with Crippen molar-refractivity contribution in [1.82, 2.24) is 0 Å². The van der Waals surface area contributed by atoms with Gasteiger partial charge in [-0.25, -0.2) is 0 Å². The van der Waals surface area contributed by atoms with E-state index in [9.17, 15) is 10.1 Å². The number of rotatable bonds is 3. The molecule has 0 radical (unpaired) electrons. The van der Waals surface area contributed by atoms with E-state index in [0.29, 0.717) is 5.02 Å². The van der Waals surface area contributed by atoms with E-state index in [-0.39, 0.29) is 28.5 Å². The van der Waals surface area contributed by atoms with Gasteiger partial charge in [0.05, 0.1) is 23.8 Å². The minimum atomic E-state index is -0.387. The molecule has 2 aliphatic rings. The monoisotopic (exact) mass is 356 g/mol. The molecule has 0 spiro atoms. The Kier molecular flexibility index (Phi) is 3.88. The van der Waals surface area contributed by atoms with Crippen molar-refractivity contribution in [3.8, 4) is 5.75 Å². The number of fused-ring (bicyclic) bond motifs is 3. The number of nitrogens with one attached hydrogen (secondary N) is 1. The Hall–Kier alpha value is -2.53. The average molecular weight is 357 g/mol. The van der Waals surface area contributed by atoms with Crippen LogP contribution in [0.1, 0.15) is 29.5 Å². The first-order valence-corrected chi connectivity index (χ1v) is 8.52. The zero-order valence-corrected chi connectivity index (χ0v) is 14.4. The highest BCUT2D eigenvalue weighted by Crippen LogP contribution is 2.53. The summed E-state index contributed by atoms with van der Waals surface area (Å²) in [6.45, 7) is 0. The van der Waals surface area contributed by atoms with Crippen LogP contribution in [0.15, 0.2) is 48.6 Å². The summed E-state index contributed by atoms with van der Waals surface area (Å²) in [5.41, 5.74) is 2.93. The fourth-order valence-corrected chi connectivity index (χ4v) is 4.19. The molecule has 5 nitrogen and oxygen atoms in total. The Morgan fingerprint density at radius 2 is 2.12 bits per heavy atom. The zero-order chi connectivity index (χ0) is 17.6. The van der Waals surface area contributed by atoms with Gasteiger partial charge in [0.15, 0.2) is 0 Å². The third kappa shape index (κ3) is 2.55. The van der Waals surface area contributed by atoms with E-state index in [1.165, 1.54) is 11.6 Å². The van der Waals surface area contributed by atoms with Crippen LogP contribution in [0.25, 0.3) is 0 Å². The molecule has 0 unspecified atom stereocenters. The molecule has 4 rings (SSSR count). The highest BCUT2D eigenvalue weighted by molar-refractivity contribution is 6.31. The van der Waals surface area contributed by atoms with Gasteiger partial charge in [-0.1, -0.05) is 35.9 Å². The Morgan fingerprint density at radius 1 is 1.28 bits per heavy atom. The number of nitro benzene ring substituents is 1. The molecule has 0 saturated heterocycles. The summed E-state index contributed by atoms with van der Waals surface area (Å²) in [6.07, 6.45) is 5.28. The Labute approximate surface area is 150 Å². The van der Waals surface area contributed by atoms with Gasteiger partial charge in [-0.2, -0.15) is 0 Å². The van der Waals surface area contributed by atoms with Crippen LogP contribution >= 0.6 is 11.6 Å². The molecule has 128 valence electrons. The molecule has 3 atom stereocenters. The Balaban J connectivity index is 1.84. The molecular weight excluding hydrogens is 340 g/mol. The van der Waals surface area contributed by atoms with Gasteiger partial charge in [-0.15, -0.1) is 0 Å². The second-order valence-electron chi connectivity index (χ2n) is 6.36. The standard InChI is InChI=1S/C19H17ClN2O3/c1-25-17-7-3-6-14-12-4-2-5-13(12)18(21-19(14)17)15-10-11(22(23)24)8-9-16(15)20/h2-4,6-10,12-13,18,21H,5H2,1H3/t12-,13+,18+/m0/s1. The second-order valence-corrected chi connectivity index (χ2v) is 6.77. The number of halogens is 1. The van der Waals surface area contributed by atoms with Crippen molar-refractivity contribution in [3.05, 3.63) is 74.8 Å². The number of methoxy groups -OCH3 is 1. The van der Waals surface area contributed by atoms with Gasteiger partial charge in [0, 0.05) is 28.6 Å². The van der Waals surface area contributed by atoms with Crippen LogP contribution in [0.4, 0.5) is 11.4 Å². The van der Waals surface area contributed by atoms with Crippen molar-refractivity contribution in [2.45, 2.75) is 18.4 Å². The van der Waals surface area contributed by atoms with E-state index < -0.39 is 0 Å². The molecule has 1 aliphatic carbocycles. The topological polar surface area (TPSA) is 64.4 Å². The molecule has 0 aromatic heterocycles. The van der Waals surface area contributed by atoms with Crippen LogP contribution in [-0.2, 0) is 0 Å². The number of hydrogen-bond acceptors (Lipinski definition) is 4. The van der Waals surface area contributed by atoms with Crippen LogP contribution in [0.5, 0.6) is 5.75 Å². The molecular formula is C19H17ClN2O3. The van der Waals surface area contributed by atoms with Gasteiger partial charge in [0.2, 0.25) is 0 Å². The lowest BCUT2D eigenvalue weighted by Crippen LogP contribution is -2.29. The maximum Gasteiger partial charge on any atom is 0.269 e. The highest BCUT2D eigenvalue weighted by atomic mass is 35.5. The Bertz CT molecular complexity index is 881. The molecule has 0 bridgehead atoms. The fraction of sp³-hybridized carbons (Fsp3) is 0.263. The van der Waals surface area contributed by atoms with E-state index in [1.54, 1.807) is 19.2 Å². The Morgan fingerprint density at radius 3 is 2.88 bits per heavy atom. The summed E-state index contributed by atoms with van der Waals surface area (Å²) in [6, 6.07) is 10.5. The SMILES string of the molecule is COc1cccc2c1N[C@@H](c1cc([N+](=O)[O-])ccc1Cl)[C@@H]1CC=C[C@H]21.